The molecule has 0 spiro atoms. The van der Waals surface area contributed by atoms with Crippen LogP contribution in [0.2, 0.25) is 0 Å². The molecule has 0 saturated carbocycles. The quantitative estimate of drug-likeness (QED) is 0.203. The first-order chi connectivity index (χ1) is 13.5. The summed E-state index contributed by atoms with van der Waals surface area (Å²) >= 11 is 0. The number of Topliss-reactive ketones (excluding diaryl/α,β-unsaturated/α-hetero) is 3. The minimum atomic E-state index is -1.42. The van der Waals surface area contributed by atoms with Gasteiger partial charge in [0, 0.05) is 28.1 Å². The Morgan fingerprint density at radius 2 is 1.21 bits per heavy atom. The molecule has 0 aromatic rings. The maximum atomic E-state index is 11.0. The lowest BCUT2D eigenvalue weighted by molar-refractivity contribution is -0.161. The van der Waals surface area contributed by atoms with E-state index in [-0.39, 0.29) is 25.8 Å². The molecule has 1 unspecified atom stereocenters. The zero-order valence-corrected chi connectivity index (χ0v) is 17.9. The number of carbonyl (C=O) groups excluding carboxylic acids is 6. The van der Waals surface area contributed by atoms with Gasteiger partial charge in [-0.2, -0.15) is 0 Å². The molecule has 11 heteroatoms. The number of esters is 3. The van der Waals surface area contributed by atoms with Crippen LogP contribution in [0.5, 0.6) is 0 Å². The summed E-state index contributed by atoms with van der Waals surface area (Å²) in [5.74, 6) is -4.06. The molecule has 0 bridgehead atoms. The van der Waals surface area contributed by atoms with E-state index in [0.29, 0.717) is 6.61 Å². The van der Waals surface area contributed by atoms with Crippen LogP contribution in [0.4, 0.5) is 0 Å². The molecule has 11 nitrogen and oxygen atoms in total. The second-order valence-electron chi connectivity index (χ2n) is 4.80. The lowest BCUT2D eigenvalue weighted by Crippen LogP contribution is -2.37. The fraction of sp³-hybridized carbons (Fsp3) is 0.667. The van der Waals surface area contributed by atoms with Crippen LogP contribution < -0.4 is 0 Å². The van der Waals surface area contributed by atoms with E-state index in [0.717, 1.165) is 6.92 Å². The third kappa shape index (κ3) is 18.5. The highest BCUT2D eigenvalue weighted by Gasteiger charge is 2.30. The van der Waals surface area contributed by atoms with Crippen LogP contribution in [0, 0.1) is 0 Å². The third-order valence-corrected chi connectivity index (χ3v) is 2.45. The van der Waals surface area contributed by atoms with E-state index in [9.17, 15) is 28.8 Å². The minimum absolute atomic E-state index is 0.0494. The van der Waals surface area contributed by atoms with Gasteiger partial charge < -0.3 is 23.7 Å². The number of hydrogen-bond donors (Lipinski definition) is 0. The van der Waals surface area contributed by atoms with Crippen molar-refractivity contribution in [3.63, 3.8) is 0 Å². The van der Waals surface area contributed by atoms with Gasteiger partial charge in [-0.15, -0.1) is 0 Å². The zero-order chi connectivity index (χ0) is 23.4. The van der Waals surface area contributed by atoms with Gasteiger partial charge in [-0.1, -0.05) is 0 Å². The average Bonchev–Trinajstić information content (AvgIpc) is 2.64. The Morgan fingerprint density at radius 1 is 0.724 bits per heavy atom. The minimum Gasteiger partial charge on any atom is -0.464 e. The number of ketones is 3. The molecule has 168 valence electrons. The van der Waals surface area contributed by atoms with Crippen molar-refractivity contribution >= 4 is 35.3 Å². The summed E-state index contributed by atoms with van der Waals surface area (Å²) in [6.07, 6.45) is -1.42. The van der Waals surface area contributed by atoms with Crippen LogP contribution in [0.15, 0.2) is 0 Å². The fourth-order valence-corrected chi connectivity index (χ4v) is 1.27. The second-order valence-corrected chi connectivity index (χ2v) is 4.80. The number of carbonyl (C=O) groups is 6. The van der Waals surface area contributed by atoms with Gasteiger partial charge in [0.05, 0.1) is 19.8 Å². The van der Waals surface area contributed by atoms with Crippen LogP contribution in [-0.4, -0.2) is 82.0 Å². The molecule has 0 N–H and O–H groups in total. The molecule has 0 aliphatic rings. The molecular weight excluding hydrogens is 392 g/mol. The van der Waals surface area contributed by atoms with E-state index in [1.165, 1.54) is 21.1 Å². The summed E-state index contributed by atoms with van der Waals surface area (Å²) in [6.45, 7) is 8.14. The van der Waals surface area contributed by atoms with Gasteiger partial charge in [0.2, 0.25) is 17.7 Å². The van der Waals surface area contributed by atoms with Crippen molar-refractivity contribution in [2.45, 2.75) is 40.7 Å². The first-order valence-electron chi connectivity index (χ1n) is 8.60. The second kappa shape index (κ2) is 20.1. The maximum absolute atomic E-state index is 11.0. The molecule has 0 fully saturated rings. The van der Waals surface area contributed by atoms with E-state index in [2.05, 4.69) is 23.7 Å². The van der Waals surface area contributed by atoms with Gasteiger partial charge in [0.15, 0.2) is 5.78 Å². The molecule has 0 rings (SSSR count). The average molecular weight is 422 g/mol. The molecule has 1 atom stereocenters. The summed E-state index contributed by atoms with van der Waals surface area (Å²) in [6, 6.07) is 0. The summed E-state index contributed by atoms with van der Waals surface area (Å²) in [7, 11) is 2.62. The van der Waals surface area contributed by atoms with Crippen molar-refractivity contribution in [3.05, 3.63) is 0 Å². The Balaban J connectivity index is -0.000000368. The highest BCUT2D eigenvalue weighted by Crippen LogP contribution is 1.97. The lowest BCUT2D eigenvalue weighted by atomic mass is 10.2. The van der Waals surface area contributed by atoms with E-state index < -0.39 is 35.4 Å². The molecule has 0 aliphatic heterocycles. The summed E-state index contributed by atoms with van der Waals surface area (Å²) < 4.78 is 22.4. The van der Waals surface area contributed by atoms with Crippen molar-refractivity contribution in [2.75, 3.05) is 40.6 Å². The predicted octanol–water partition coefficient (Wildman–Crippen LogP) is 0.0570. The van der Waals surface area contributed by atoms with Crippen LogP contribution in [0.3, 0.4) is 0 Å². The van der Waals surface area contributed by atoms with Crippen molar-refractivity contribution < 1.29 is 52.5 Å². The van der Waals surface area contributed by atoms with Gasteiger partial charge >= 0.3 is 17.9 Å². The Labute approximate surface area is 169 Å². The first-order valence-corrected chi connectivity index (χ1v) is 8.60. The van der Waals surface area contributed by atoms with Gasteiger partial charge in [0.25, 0.3) is 0 Å². The van der Waals surface area contributed by atoms with Crippen molar-refractivity contribution in [3.8, 4) is 0 Å². The molecule has 0 radical (unpaired) electrons. The van der Waals surface area contributed by atoms with Crippen LogP contribution >= 0.6 is 0 Å². The van der Waals surface area contributed by atoms with Gasteiger partial charge in [-0.25, -0.2) is 14.4 Å². The van der Waals surface area contributed by atoms with Crippen LogP contribution in [-0.2, 0) is 52.5 Å². The normalized spacial score (nSPS) is 10.0. The maximum Gasteiger partial charge on any atom is 0.374 e. The number of rotatable bonds is 10. The highest BCUT2D eigenvalue weighted by atomic mass is 16.6. The smallest absolute Gasteiger partial charge is 0.374 e. The topological polar surface area (TPSA) is 149 Å². The zero-order valence-electron chi connectivity index (χ0n) is 17.9. The molecule has 0 aromatic carbocycles. The van der Waals surface area contributed by atoms with E-state index in [1.807, 2.05) is 0 Å². The standard InChI is InChI=1S/C8H12O5.C5H10O3.C5H8O3/c1-4-13-8(11)7(12-3)6(10)5(2)9;1-3-8-5(6)4-7-2;1-3-8-5(7)4(2)6/h7H,4H2,1-3H3;3-4H2,1-2H3;3H2,1-2H3. The van der Waals surface area contributed by atoms with E-state index in [1.54, 1.807) is 20.8 Å². The summed E-state index contributed by atoms with van der Waals surface area (Å²) in [5, 5.41) is 0. The van der Waals surface area contributed by atoms with E-state index in [4.69, 9.17) is 0 Å². The predicted molar refractivity (Wildman–Crippen MR) is 98.9 cm³/mol. The molecule has 0 aromatic heterocycles. The van der Waals surface area contributed by atoms with Gasteiger partial charge in [-0.3, -0.25) is 14.4 Å². The molecule has 0 amide bonds. The Morgan fingerprint density at radius 3 is 1.48 bits per heavy atom. The van der Waals surface area contributed by atoms with Crippen LogP contribution in [0.25, 0.3) is 0 Å². The third-order valence-electron chi connectivity index (χ3n) is 2.45. The number of hydrogen-bond acceptors (Lipinski definition) is 11. The molecule has 0 saturated heterocycles. The monoisotopic (exact) mass is 422 g/mol. The van der Waals surface area contributed by atoms with Gasteiger partial charge in [0.1, 0.15) is 6.61 Å². The molecule has 0 heterocycles. The molecular formula is C18H30O11. The molecule has 0 aliphatic carbocycles. The summed E-state index contributed by atoms with van der Waals surface area (Å²) in [5.41, 5.74) is 0. The first kappa shape index (κ1) is 31.0. The van der Waals surface area contributed by atoms with E-state index >= 15 is 0 Å². The van der Waals surface area contributed by atoms with Crippen molar-refractivity contribution in [1.29, 1.82) is 0 Å². The number of ether oxygens (including phenoxy) is 5. The fourth-order valence-electron chi connectivity index (χ4n) is 1.27. The Hall–Kier alpha value is -2.66. The Bertz CT molecular complexity index is 532. The lowest BCUT2D eigenvalue weighted by Gasteiger charge is -2.10. The molecule has 29 heavy (non-hydrogen) atoms. The SMILES string of the molecule is CCOC(=O)C(C)=O.CCOC(=O)C(OC)C(=O)C(C)=O.CCOC(=O)COC. The highest BCUT2D eigenvalue weighted by molar-refractivity contribution is 6.41. The van der Waals surface area contributed by atoms with Crippen molar-refractivity contribution in [2.24, 2.45) is 0 Å². The van der Waals surface area contributed by atoms with Gasteiger partial charge in [-0.05, 0) is 20.8 Å². The largest absolute Gasteiger partial charge is 0.464 e. The summed E-state index contributed by atoms with van der Waals surface area (Å²) in [4.78, 5) is 63.2. The number of methoxy groups -OCH3 is 2. The van der Waals surface area contributed by atoms with Crippen molar-refractivity contribution in [1.82, 2.24) is 0 Å². The van der Waals surface area contributed by atoms with Crippen LogP contribution in [0.1, 0.15) is 34.6 Å². The Kier molecular flexibility index (Phi) is 21.5.